The number of sulfone groups is 1. The highest BCUT2D eigenvalue weighted by Crippen LogP contribution is 2.16. The van der Waals surface area contributed by atoms with Gasteiger partial charge in [0.15, 0.2) is 9.84 Å². The van der Waals surface area contributed by atoms with Crippen LogP contribution < -0.4 is 5.73 Å². The summed E-state index contributed by atoms with van der Waals surface area (Å²) in [5.41, 5.74) is 6.54. The molecule has 0 aliphatic heterocycles. The molecule has 1 aromatic rings. The molecule has 0 unspecified atom stereocenters. The standard InChI is InChI=1S/C12H20N2O2S/c1-10(2)17(15,16)12-6-4-11(5-7-12)8-14(3)9-13/h4-7,10H,8-9,13H2,1-3H3. The van der Waals surface area contributed by atoms with Gasteiger partial charge in [-0.15, -0.1) is 0 Å². The van der Waals surface area contributed by atoms with Crippen LogP contribution in [0.2, 0.25) is 0 Å². The van der Waals surface area contributed by atoms with Crippen LogP contribution in [0.3, 0.4) is 0 Å². The molecule has 96 valence electrons. The van der Waals surface area contributed by atoms with E-state index >= 15 is 0 Å². The second kappa shape index (κ2) is 5.62. The summed E-state index contributed by atoms with van der Waals surface area (Å²) >= 11 is 0. The van der Waals surface area contributed by atoms with Gasteiger partial charge in [-0.3, -0.25) is 4.90 Å². The maximum absolute atomic E-state index is 11.9. The minimum Gasteiger partial charge on any atom is -0.318 e. The van der Waals surface area contributed by atoms with Gasteiger partial charge in [-0.2, -0.15) is 0 Å². The summed E-state index contributed by atoms with van der Waals surface area (Å²) in [5.74, 6) is 0. The smallest absolute Gasteiger partial charge is 0.180 e. The van der Waals surface area contributed by atoms with Gasteiger partial charge >= 0.3 is 0 Å². The second-order valence-electron chi connectivity index (χ2n) is 4.43. The lowest BCUT2D eigenvalue weighted by molar-refractivity contribution is 0.337. The average Bonchev–Trinajstić information content (AvgIpc) is 2.29. The van der Waals surface area contributed by atoms with Crippen LogP contribution in [0.4, 0.5) is 0 Å². The molecule has 0 aliphatic rings. The Morgan fingerprint density at radius 2 is 1.76 bits per heavy atom. The Kier molecular flexibility index (Phi) is 4.68. The van der Waals surface area contributed by atoms with Crippen molar-refractivity contribution in [2.45, 2.75) is 30.5 Å². The van der Waals surface area contributed by atoms with Crippen LogP contribution in [0, 0.1) is 0 Å². The predicted octanol–water partition coefficient (Wildman–Crippen LogP) is 1.22. The van der Waals surface area contributed by atoms with E-state index in [0.717, 1.165) is 12.1 Å². The number of nitrogens with zero attached hydrogens (tertiary/aromatic N) is 1. The molecule has 0 atom stereocenters. The fourth-order valence-corrected chi connectivity index (χ4v) is 2.49. The van der Waals surface area contributed by atoms with Crippen LogP contribution in [0.15, 0.2) is 29.2 Å². The molecule has 0 spiro atoms. The highest BCUT2D eigenvalue weighted by atomic mass is 32.2. The molecule has 4 nitrogen and oxygen atoms in total. The first-order valence-corrected chi connectivity index (χ1v) is 7.14. The number of nitrogens with two attached hydrogens (primary N) is 1. The van der Waals surface area contributed by atoms with Crippen LogP contribution in [0.1, 0.15) is 19.4 Å². The van der Waals surface area contributed by atoms with Crippen molar-refractivity contribution in [3.8, 4) is 0 Å². The van der Waals surface area contributed by atoms with Crippen molar-refractivity contribution in [1.29, 1.82) is 0 Å². The number of rotatable bonds is 5. The van der Waals surface area contributed by atoms with Crippen molar-refractivity contribution >= 4 is 9.84 Å². The van der Waals surface area contributed by atoms with Crippen LogP contribution >= 0.6 is 0 Å². The molecule has 0 saturated carbocycles. The van der Waals surface area contributed by atoms with Crippen molar-refractivity contribution in [1.82, 2.24) is 4.90 Å². The van der Waals surface area contributed by atoms with Crippen molar-refractivity contribution in [2.24, 2.45) is 5.73 Å². The molecule has 0 aromatic heterocycles. The van der Waals surface area contributed by atoms with E-state index in [0.29, 0.717) is 11.6 Å². The Labute approximate surface area is 103 Å². The van der Waals surface area contributed by atoms with E-state index in [1.54, 1.807) is 26.0 Å². The summed E-state index contributed by atoms with van der Waals surface area (Å²) in [6.45, 7) is 4.57. The number of hydrogen-bond donors (Lipinski definition) is 1. The molecule has 1 aromatic carbocycles. The molecule has 0 amide bonds. The molecule has 2 N–H and O–H groups in total. The lowest BCUT2D eigenvalue weighted by Crippen LogP contribution is -2.25. The van der Waals surface area contributed by atoms with Gasteiger partial charge in [0.25, 0.3) is 0 Å². The summed E-state index contributed by atoms with van der Waals surface area (Å²) < 4.78 is 23.8. The summed E-state index contributed by atoms with van der Waals surface area (Å²) in [7, 11) is -1.25. The summed E-state index contributed by atoms with van der Waals surface area (Å²) in [6, 6.07) is 6.99. The van der Waals surface area contributed by atoms with Crippen LogP contribution in [0.25, 0.3) is 0 Å². The van der Waals surface area contributed by atoms with E-state index in [4.69, 9.17) is 5.73 Å². The maximum atomic E-state index is 11.9. The number of hydrogen-bond acceptors (Lipinski definition) is 4. The highest BCUT2D eigenvalue weighted by Gasteiger charge is 2.18. The van der Waals surface area contributed by atoms with Gasteiger partial charge in [0.05, 0.1) is 10.1 Å². The molecule has 0 aliphatic carbocycles. The summed E-state index contributed by atoms with van der Waals surface area (Å²) in [4.78, 5) is 2.33. The van der Waals surface area contributed by atoms with E-state index < -0.39 is 9.84 Å². The molecule has 17 heavy (non-hydrogen) atoms. The van der Waals surface area contributed by atoms with Crippen LogP contribution in [-0.4, -0.2) is 32.3 Å². The molecule has 0 saturated heterocycles. The SMILES string of the molecule is CC(C)S(=O)(=O)c1ccc(CN(C)CN)cc1. The van der Waals surface area contributed by atoms with Crippen molar-refractivity contribution in [3.05, 3.63) is 29.8 Å². The van der Waals surface area contributed by atoms with E-state index in [9.17, 15) is 8.42 Å². The highest BCUT2D eigenvalue weighted by molar-refractivity contribution is 7.92. The van der Waals surface area contributed by atoms with Crippen LogP contribution in [0.5, 0.6) is 0 Å². The zero-order valence-electron chi connectivity index (χ0n) is 10.6. The van der Waals surface area contributed by atoms with Gasteiger partial charge in [0, 0.05) is 13.2 Å². The first-order chi connectivity index (χ1) is 7.87. The fraction of sp³-hybridized carbons (Fsp3) is 0.500. The first-order valence-electron chi connectivity index (χ1n) is 5.59. The quantitative estimate of drug-likeness (QED) is 0.805. The molecular formula is C12H20N2O2S. The van der Waals surface area contributed by atoms with Crippen molar-refractivity contribution in [3.63, 3.8) is 0 Å². The van der Waals surface area contributed by atoms with E-state index in [-0.39, 0.29) is 5.25 Å². The second-order valence-corrected chi connectivity index (χ2v) is 6.94. The monoisotopic (exact) mass is 256 g/mol. The van der Waals surface area contributed by atoms with Crippen LogP contribution in [-0.2, 0) is 16.4 Å². The van der Waals surface area contributed by atoms with Gasteiger partial charge in [-0.25, -0.2) is 8.42 Å². The van der Waals surface area contributed by atoms with E-state index in [2.05, 4.69) is 0 Å². The lowest BCUT2D eigenvalue weighted by atomic mass is 10.2. The topological polar surface area (TPSA) is 63.4 Å². The third-order valence-corrected chi connectivity index (χ3v) is 4.81. The summed E-state index contributed by atoms with van der Waals surface area (Å²) in [6.07, 6.45) is 0. The molecule has 0 bridgehead atoms. The zero-order chi connectivity index (χ0) is 13.1. The third kappa shape index (κ3) is 3.52. The van der Waals surface area contributed by atoms with Gasteiger partial charge in [0.2, 0.25) is 0 Å². The predicted molar refractivity (Wildman–Crippen MR) is 69.3 cm³/mol. The molecule has 0 heterocycles. The van der Waals surface area contributed by atoms with Crippen molar-refractivity contribution in [2.75, 3.05) is 13.7 Å². The first kappa shape index (κ1) is 14.2. The number of benzene rings is 1. The minimum atomic E-state index is -3.17. The molecule has 5 heteroatoms. The Balaban J connectivity index is 2.89. The maximum Gasteiger partial charge on any atom is 0.180 e. The largest absolute Gasteiger partial charge is 0.318 e. The van der Waals surface area contributed by atoms with Crippen molar-refractivity contribution < 1.29 is 8.42 Å². The van der Waals surface area contributed by atoms with Gasteiger partial charge < -0.3 is 5.73 Å². The third-order valence-electron chi connectivity index (χ3n) is 2.64. The fourth-order valence-electron chi connectivity index (χ4n) is 1.43. The average molecular weight is 256 g/mol. The molecule has 1 rings (SSSR count). The molecule has 0 radical (unpaired) electrons. The van der Waals surface area contributed by atoms with Gasteiger partial charge in [-0.1, -0.05) is 12.1 Å². The zero-order valence-corrected chi connectivity index (χ0v) is 11.4. The van der Waals surface area contributed by atoms with E-state index in [1.165, 1.54) is 0 Å². The Morgan fingerprint density at radius 1 is 1.24 bits per heavy atom. The van der Waals surface area contributed by atoms with Gasteiger partial charge in [-0.05, 0) is 38.6 Å². The Morgan fingerprint density at radius 3 is 2.18 bits per heavy atom. The lowest BCUT2D eigenvalue weighted by Gasteiger charge is -2.14. The van der Waals surface area contributed by atoms with Gasteiger partial charge in [0.1, 0.15) is 0 Å². The molecular weight excluding hydrogens is 236 g/mol. The summed E-state index contributed by atoms with van der Waals surface area (Å²) in [5, 5.41) is -0.389. The Bertz CT molecular complexity index is 452. The normalized spacial score (nSPS) is 12.4. The van der Waals surface area contributed by atoms with E-state index in [1.807, 2.05) is 24.1 Å². The minimum absolute atomic E-state index is 0.381. The Hall–Kier alpha value is -0.910. The molecule has 0 fully saturated rings.